The molecule has 13 heteroatoms. The molecule has 10 nitrogen and oxygen atoms in total. The second kappa shape index (κ2) is 12.5. The molecule has 1 aromatic carbocycles. The Bertz CT molecular complexity index is 1610. The molecule has 0 spiro atoms. The van der Waals surface area contributed by atoms with E-state index in [0.29, 0.717) is 47.1 Å². The molecule has 4 aromatic rings. The van der Waals surface area contributed by atoms with Crippen LogP contribution in [0, 0.1) is 0 Å². The van der Waals surface area contributed by atoms with Gasteiger partial charge >= 0.3 is 5.97 Å². The van der Waals surface area contributed by atoms with Crippen molar-refractivity contribution in [3.8, 4) is 0 Å². The van der Waals surface area contributed by atoms with Gasteiger partial charge in [0.2, 0.25) is 0 Å². The molecule has 0 atom stereocenters. The first-order valence-electron chi connectivity index (χ1n) is 13.8. The van der Waals surface area contributed by atoms with Gasteiger partial charge in [-0.05, 0) is 55.8 Å². The lowest BCUT2D eigenvalue weighted by molar-refractivity contribution is 0.0690. The number of ether oxygens (including phenoxy) is 1. The summed E-state index contributed by atoms with van der Waals surface area (Å²) in [5.74, 6) is 0.470. The number of fused-ring (bicyclic) bond motifs is 1. The molecule has 41 heavy (non-hydrogen) atoms. The second-order valence-corrected chi connectivity index (χ2v) is 19.1. The number of anilines is 2. The van der Waals surface area contributed by atoms with Gasteiger partial charge < -0.3 is 19.8 Å². The van der Waals surface area contributed by atoms with Crippen LogP contribution in [0.4, 0.5) is 16.8 Å². The highest BCUT2D eigenvalue weighted by Gasteiger charge is 2.29. The summed E-state index contributed by atoms with van der Waals surface area (Å²) >= 11 is 2.91. The molecule has 0 bridgehead atoms. The van der Waals surface area contributed by atoms with E-state index in [1.807, 2.05) is 25.2 Å². The van der Waals surface area contributed by atoms with E-state index in [4.69, 9.17) is 9.73 Å². The SMILES string of the molecule is CN(c1cc(C2CC2)c(/N=c2\sc3ccccc3n2COCC[Si](C)(C)C)nn1)c1nc(C(=O)O)c(CCCO)s1. The molecule has 0 radical (unpaired) electrons. The molecule has 1 fully saturated rings. The number of nitrogens with zero attached hydrogens (tertiary/aromatic N) is 6. The monoisotopic (exact) mass is 612 g/mol. The van der Waals surface area contributed by atoms with Crippen LogP contribution in [0.5, 0.6) is 0 Å². The van der Waals surface area contributed by atoms with Gasteiger partial charge in [-0.3, -0.25) is 4.57 Å². The zero-order chi connectivity index (χ0) is 29.1. The summed E-state index contributed by atoms with van der Waals surface area (Å²) in [5, 5.41) is 28.4. The van der Waals surface area contributed by atoms with E-state index in [0.717, 1.165) is 46.1 Å². The Hall–Kier alpha value is -2.97. The van der Waals surface area contributed by atoms with Crippen molar-refractivity contribution in [3.63, 3.8) is 0 Å². The first-order valence-corrected chi connectivity index (χ1v) is 19.1. The van der Waals surface area contributed by atoms with Crippen molar-refractivity contribution in [2.24, 2.45) is 4.99 Å². The predicted octanol–water partition coefficient (Wildman–Crippen LogP) is 5.76. The van der Waals surface area contributed by atoms with Crippen LogP contribution in [-0.2, 0) is 17.9 Å². The largest absolute Gasteiger partial charge is 0.476 e. The number of hydrogen-bond donors (Lipinski definition) is 2. The number of para-hydroxylation sites is 1. The van der Waals surface area contributed by atoms with Gasteiger partial charge in [-0.2, -0.15) is 4.99 Å². The fraction of sp³-hybridized carbons (Fsp3) is 0.464. The summed E-state index contributed by atoms with van der Waals surface area (Å²) in [6.45, 7) is 8.18. The summed E-state index contributed by atoms with van der Waals surface area (Å²) in [7, 11) is 0.621. The molecule has 0 unspecified atom stereocenters. The minimum atomic E-state index is -1.19. The van der Waals surface area contributed by atoms with Crippen LogP contribution in [-0.4, -0.2) is 64.3 Å². The molecule has 3 aromatic heterocycles. The smallest absolute Gasteiger partial charge is 0.355 e. The number of carbonyl (C=O) groups is 1. The normalized spacial score (nSPS) is 14.2. The number of hydrogen-bond acceptors (Lipinski definition) is 10. The van der Waals surface area contributed by atoms with Crippen molar-refractivity contribution < 1.29 is 19.7 Å². The van der Waals surface area contributed by atoms with Gasteiger partial charge in [0.25, 0.3) is 0 Å². The molecule has 0 saturated heterocycles. The van der Waals surface area contributed by atoms with Crippen LogP contribution in [0.3, 0.4) is 0 Å². The van der Waals surface area contributed by atoms with Crippen molar-refractivity contribution >= 4 is 63.7 Å². The van der Waals surface area contributed by atoms with E-state index < -0.39 is 14.0 Å². The van der Waals surface area contributed by atoms with Crippen molar-refractivity contribution in [1.82, 2.24) is 19.7 Å². The average molecular weight is 613 g/mol. The second-order valence-electron chi connectivity index (χ2n) is 11.5. The number of aliphatic hydroxyl groups excluding tert-OH is 1. The maximum Gasteiger partial charge on any atom is 0.355 e. The highest BCUT2D eigenvalue weighted by molar-refractivity contribution is 7.16. The van der Waals surface area contributed by atoms with Crippen LogP contribution >= 0.6 is 22.7 Å². The van der Waals surface area contributed by atoms with E-state index in [1.165, 1.54) is 11.3 Å². The van der Waals surface area contributed by atoms with Crippen molar-refractivity contribution in [2.75, 3.05) is 25.2 Å². The van der Waals surface area contributed by atoms with Gasteiger partial charge in [-0.15, -0.1) is 21.5 Å². The number of aromatic nitrogens is 4. The average Bonchev–Trinajstić information content (AvgIpc) is 3.60. The molecule has 2 N–H and O–H groups in total. The maximum absolute atomic E-state index is 11.8. The number of aryl methyl sites for hydroxylation is 1. The van der Waals surface area contributed by atoms with E-state index in [9.17, 15) is 15.0 Å². The Balaban J connectivity index is 1.47. The quantitative estimate of drug-likeness (QED) is 0.144. The maximum atomic E-state index is 11.8. The Morgan fingerprint density at radius 1 is 1.22 bits per heavy atom. The Morgan fingerprint density at radius 3 is 2.71 bits per heavy atom. The summed E-state index contributed by atoms with van der Waals surface area (Å²) in [4.78, 5) is 24.4. The van der Waals surface area contributed by atoms with Crippen LogP contribution < -0.4 is 9.70 Å². The lowest BCUT2D eigenvalue weighted by atomic mass is 10.2. The molecule has 218 valence electrons. The number of thiazole rings is 2. The standard InChI is InChI=1S/C28H36N6O4S2Si/c1-33(27-29-24(26(36)37)22(40-27)10-7-13-35)23-16-19(18-11-12-18)25(32-31-23)30-28-34(17-38-14-15-41(2,3)4)20-8-5-6-9-21(20)39-28/h5-6,8-9,16,18,35H,7,10-15,17H2,1-4H3,(H,36,37)/b30-28-. The van der Waals surface area contributed by atoms with Crippen LogP contribution in [0.2, 0.25) is 25.7 Å². The van der Waals surface area contributed by atoms with Crippen LogP contribution in [0.15, 0.2) is 35.3 Å². The third-order valence-corrected chi connectivity index (χ3v) is 10.8. The molecular weight excluding hydrogens is 577 g/mol. The highest BCUT2D eigenvalue weighted by Crippen LogP contribution is 2.45. The number of rotatable bonds is 13. The first kappa shape index (κ1) is 29.5. The number of carboxylic acids is 1. The van der Waals surface area contributed by atoms with Crippen molar-refractivity contribution in [1.29, 1.82) is 0 Å². The number of aromatic carboxylic acids is 1. The summed E-state index contributed by atoms with van der Waals surface area (Å²) in [6.07, 6.45) is 3.07. The van der Waals surface area contributed by atoms with E-state index in [2.05, 4.69) is 51.5 Å². The summed E-state index contributed by atoms with van der Waals surface area (Å²) in [5.41, 5.74) is 2.13. The fourth-order valence-electron chi connectivity index (χ4n) is 4.35. The van der Waals surface area contributed by atoms with Gasteiger partial charge in [0.1, 0.15) is 6.73 Å². The number of carboxylic acid groups (broad SMARTS) is 1. The zero-order valence-electron chi connectivity index (χ0n) is 23.8. The summed E-state index contributed by atoms with van der Waals surface area (Å²) < 4.78 is 9.37. The molecule has 1 aliphatic rings. The zero-order valence-corrected chi connectivity index (χ0v) is 26.5. The first-order chi connectivity index (χ1) is 19.6. The van der Waals surface area contributed by atoms with Gasteiger partial charge in [-0.1, -0.05) is 43.1 Å². The van der Waals surface area contributed by atoms with E-state index in [1.54, 1.807) is 16.2 Å². The number of aliphatic hydroxyl groups is 1. The molecular formula is C28H36N6O4S2Si. The predicted molar refractivity (Wildman–Crippen MR) is 166 cm³/mol. The minimum absolute atomic E-state index is 0.00624. The topological polar surface area (TPSA) is 126 Å². The molecule has 3 heterocycles. The Kier molecular flexibility index (Phi) is 8.99. The Labute approximate surface area is 248 Å². The molecule has 1 aliphatic carbocycles. The van der Waals surface area contributed by atoms with Gasteiger partial charge in [-0.25, -0.2) is 9.78 Å². The van der Waals surface area contributed by atoms with Gasteiger partial charge in [0.15, 0.2) is 27.3 Å². The lowest BCUT2D eigenvalue weighted by Crippen LogP contribution is -2.23. The molecule has 0 amide bonds. The van der Waals surface area contributed by atoms with Gasteiger partial charge in [0.05, 0.1) is 10.2 Å². The molecule has 1 saturated carbocycles. The highest BCUT2D eigenvalue weighted by atomic mass is 32.1. The number of benzene rings is 1. The molecule has 5 rings (SSSR count). The van der Waals surface area contributed by atoms with E-state index >= 15 is 0 Å². The molecule has 0 aliphatic heterocycles. The van der Waals surface area contributed by atoms with Crippen molar-refractivity contribution in [2.45, 2.75) is 64.0 Å². The Morgan fingerprint density at radius 2 is 2.00 bits per heavy atom. The van der Waals surface area contributed by atoms with Crippen molar-refractivity contribution in [3.05, 3.63) is 51.3 Å². The lowest BCUT2D eigenvalue weighted by Gasteiger charge is -2.16. The third-order valence-electron chi connectivity index (χ3n) is 6.89. The van der Waals surface area contributed by atoms with Crippen LogP contribution in [0.1, 0.15) is 46.1 Å². The van der Waals surface area contributed by atoms with E-state index in [-0.39, 0.29) is 12.3 Å². The van der Waals surface area contributed by atoms with Crippen LogP contribution in [0.25, 0.3) is 10.2 Å². The minimum Gasteiger partial charge on any atom is -0.476 e. The van der Waals surface area contributed by atoms with Gasteiger partial charge in [0, 0.05) is 38.8 Å². The third kappa shape index (κ3) is 7.09. The fourth-order valence-corrected chi connectivity index (χ4v) is 7.19. The summed E-state index contributed by atoms with van der Waals surface area (Å²) in [6, 6.07) is 11.3.